The van der Waals surface area contributed by atoms with Crippen molar-refractivity contribution in [2.75, 3.05) is 13.1 Å². The van der Waals surface area contributed by atoms with Crippen LogP contribution in [0.4, 0.5) is 0 Å². The fourth-order valence-corrected chi connectivity index (χ4v) is 4.88. The van der Waals surface area contributed by atoms with E-state index in [-0.39, 0.29) is 71.8 Å². The molecule has 0 aromatic heterocycles. The van der Waals surface area contributed by atoms with E-state index in [1.807, 2.05) is 0 Å². The second kappa shape index (κ2) is 14.4. The summed E-state index contributed by atoms with van der Waals surface area (Å²) >= 11 is 1.54. The Morgan fingerprint density at radius 2 is 1.79 bits per heavy atom. The predicted octanol–water partition coefficient (Wildman–Crippen LogP) is 2.98. The number of hydrogen-bond donors (Lipinski definition) is 2. The molecular weight excluding hydrogens is 442 g/mol. The maximum Gasteiger partial charge on any atom is 0.242 e. The van der Waals surface area contributed by atoms with Crippen LogP contribution in [0.3, 0.4) is 0 Å². The zero-order valence-electron chi connectivity index (χ0n) is 20.8. The average molecular weight is 484 g/mol. The summed E-state index contributed by atoms with van der Waals surface area (Å²) in [6, 6.07) is -0.472. The quantitative estimate of drug-likeness (QED) is 0.258. The Balaban J connectivity index is 2.30. The molecule has 1 heterocycles. The molecule has 2 N–H and O–H groups in total. The topological polar surface area (TPSA) is 113 Å². The highest BCUT2D eigenvalue weighted by molar-refractivity contribution is 8.02. The summed E-state index contributed by atoms with van der Waals surface area (Å²) in [4.78, 5) is 61.9. The Labute approximate surface area is 202 Å². The minimum absolute atomic E-state index is 0.0617. The number of nitrogens with zero attached hydrogens (tertiary/aromatic N) is 1. The van der Waals surface area contributed by atoms with Crippen molar-refractivity contribution in [3.63, 3.8) is 0 Å². The summed E-state index contributed by atoms with van der Waals surface area (Å²) in [5, 5.41) is 5.08. The maximum atomic E-state index is 12.6. The number of imide groups is 1. The number of Topliss-reactive ketones (excluding diaryl/α,β-unsaturated/α-hetero) is 1. The van der Waals surface area contributed by atoms with Gasteiger partial charge in [0.25, 0.3) is 0 Å². The molecule has 2 atom stereocenters. The van der Waals surface area contributed by atoms with Gasteiger partial charge < -0.3 is 10.6 Å². The van der Waals surface area contributed by atoms with Crippen LogP contribution in [0.25, 0.3) is 0 Å². The Hall–Kier alpha value is -1.90. The summed E-state index contributed by atoms with van der Waals surface area (Å²) < 4.78 is -0.0667. The van der Waals surface area contributed by atoms with Crippen molar-refractivity contribution in [1.82, 2.24) is 15.5 Å². The fraction of sp³-hybridized carbons (Fsp3) is 0.792. The van der Waals surface area contributed by atoms with Crippen molar-refractivity contribution in [3.05, 3.63) is 0 Å². The van der Waals surface area contributed by atoms with Crippen molar-refractivity contribution in [3.8, 4) is 0 Å². The van der Waals surface area contributed by atoms with Gasteiger partial charge in [-0.05, 0) is 26.2 Å². The minimum Gasteiger partial charge on any atom is -0.356 e. The second-order valence-corrected chi connectivity index (χ2v) is 11.1. The lowest BCUT2D eigenvalue weighted by Crippen LogP contribution is -2.41. The molecule has 1 rings (SSSR count). The molecule has 0 radical (unpaired) electrons. The monoisotopic (exact) mass is 483 g/mol. The molecule has 8 nitrogen and oxygen atoms in total. The number of nitrogens with one attached hydrogen (secondary N) is 2. The first-order chi connectivity index (χ1) is 15.5. The van der Waals surface area contributed by atoms with E-state index in [0.29, 0.717) is 12.8 Å². The van der Waals surface area contributed by atoms with Gasteiger partial charge in [0.15, 0.2) is 5.78 Å². The van der Waals surface area contributed by atoms with Crippen molar-refractivity contribution in [2.24, 2.45) is 0 Å². The van der Waals surface area contributed by atoms with Crippen LogP contribution < -0.4 is 10.6 Å². The number of thioether (sulfide) groups is 1. The number of amides is 4. The van der Waals surface area contributed by atoms with Crippen LogP contribution >= 0.6 is 11.8 Å². The predicted molar refractivity (Wildman–Crippen MR) is 131 cm³/mol. The number of carbonyl (C=O) groups is 5. The van der Waals surface area contributed by atoms with Crippen molar-refractivity contribution in [2.45, 2.75) is 108 Å². The van der Waals surface area contributed by atoms with Crippen LogP contribution in [0.5, 0.6) is 0 Å². The third-order valence-electron chi connectivity index (χ3n) is 5.90. The molecule has 188 valence electrons. The zero-order valence-corrected chi connectivity index (χ0v) is 21.6. The van der Waals surface area contributed by atoms with E-state index in [0.717, 1.165) is 25.7 Å². The molecule has 0 saturated carbocycles. The van der Waals surface area contributed by atoms with Gasteiger partial charge in [-0.2, -0.15) is 0 Å². The molecule has 4 amide bonds. The van der Waals surface area contributed by atoms with Gasteiger partial charge in [0.05, 0.1) is 11.3 Å². The molecule has 0 aromatic carbocycles. The van der Waals surface area contributed by atoms with Gasteiger partial charge in [0, 0.05) is 37.1 Å². The first-order valence-corrected chi connectivity index (χ1v) is 13.0. The summed E-state index contributed by atoms with van der Waals surface area (Å²) in [6.45, 7) is 10.1. The average Bonchev–Trinajstić information content (AvgIpc) is 2.99. The Morgan fingerprint density at radius 1 is 1.09 bits per heavy atom. The largest absolute Gasteiger partial charge is 0.356 e. The molecule has 0 aliphatic carbocycles. The van der Waals surface area contributed by atoms with E-state index in [2.05, 4.69) is 38.3 Å². The lowest BCUT2D eigenvalue weighted by Gasteiger charge is -2.24. The van der Waals surface area contributed by atoms with Gasteiger partial charge in [-0.25, -0.2) is 0 Å². The van der Waals surface area contributed by atoms with E-state index in [1.165, 1.54) is 23.6 Å². The first kappa shape index (κ1) is 29.1. The van der Waals surface area contributed by atoms with Crippen molar-refractivity contribution < 1.29 is 24.0 Å². The normalized spacial score (nSPS) is 17.2. The summed E-state index contributed by atoms with van der Waals surface area (Å²) in [5.74, 6) is -0.902. The lowest BCUT2D eigenvalue weighted by molar-refractivity contribution is -0.138. The second-order valence-electron chi connectivity index (χ2n) is 9.24. The van der Waals surface area contributed by atoms with Crippen molar-refractivity contribution in [1.29, 1.82) is 0 Å². The highest BCUT2D eigenvalue weighted by Crippen LogP contribution is 2.36. The summed E-state index contributed by atoms with van der Waals surface area (Å²) in [7, 11) is 0. The fourth-order valence-electron chi connectivity index (χ4n) is 3.49. The highest BCUT2D eigenvalue weighted by Gasteiger charge is 2.41. The molecule has 1 aliphatic rings. The summed E-state index contributed by atoms with van der Waals surface area (Å²) in [6.07, 6.45) is 5.34. The van der Waals surface area contributed by atoms with Gasteiger partial charge in [-0.1, -0.05) is 47.0 Å². The van der Waals surface area contributed by atoms with Crippen LogP contribution in [0, 0.1) is 0 Å². The first-order valence-electron chi connectivity index (χ1n) is 12.1. The van der Waals surface area contributed by atoms with E-state index >= 15 is 0 Å². The van der Waals surface area contributed by atoms with Crippen LogP contribution in [0.15, 0.2) is 0 Å². The molecule has 0 aromatic rings. The lowest BCUT2D eigenvalue weighted by atomic mass is 10.1. The number of hydrogen-bond acceptors (Lipinski definition) is 6. The Kier molecular flexibility index (Phi) is 12.7. The minimum atomic E-state index is -0.472. The smallest absolute Gasteiger partial charge is 0.242 e. The van der Waals surface area contributed by atoms with Gasteiger partial charge in [-0.15, -0.1) is 11.8 Å². The van der Waals surface area contributed by atoms with Gasteiger partial charge in [0.1, 0.15) is 0 Å². The van der Waals surface area contributed by atoms with Gasteiger partial charge >= 0.3 is 0 Å². The highest BCUT2D eigenvalue weighted by atomic mass is 32.2. The number of unbranched alkanes of at least 4 members (excludes halogenated alkanes) is 2. The Morgan fingerprint density at radius 3 is 2.39 bits per heavy atom. The standard InChI is InChI=1S/C24H41N3O5S/c1-6-8-9-11-18(17(3)28)26-21(30)13-14-25-20(29)12-10-15-27-22(31)16-19(23(27)32)33-24(4,5)7-2/h18-19H,6-16H2,1-5H3,(H,25,29)(H,26,30)/t18-,19-/m0/s1. The van der Waals surface area contributed by atoms with Crippen LogP contribution in [-0.4, -0.2) is 63.4 Å². The van der Waals surface area contributed by atoms with Crippen molar-refractivity contribution >= 4 is 41.2 Å². The zero-order chi connectivity index (χ0) is 25.0. The third kappa shape index (κ3) is 10.7. The van der Waals surface area contributed by atoms with E-state index in [4.69, 9.17) is 0 Å². The number of ketones is 1. The van der Waals surface area contributed by atoms with Gasteiger partial charge in [0.2, 0.25) is 23.6 Å². The number of carbonyl (C=O) groups excluding carboxylic acids is 5. The molecule has 1 aliphatic heterocycles. The molecular formula is C24H41N3O5S. The molecule has 9 heteroatoms. The summed E-state index contributed by atoms with van der Waals surface area (Å²) in [5.41, 5.74) is 0. The van der Waals surface area contributed by atoms with E-state index in [9.17, 15) is 24.0 Å². The molecule has 0 bridgehead atoms. The van der Waals surface area contributed by atoms with Crippen LogP contribution in [0.1, 0.15) is 92.4 Å². The van der Waals surface area contributed by atoms with Crippen LogP contribution in [-0.2, 0) is 24.0 Å². The number of rotatable bonds is 16. The van der Waals surface area contributed by atoms with E-state index in [1.54, 1.807) is 0 Å². The van der Waals surface area contributed by atoms with E-state index < -0.39 is 6.04 Å². The SMILES string of the molecule is CCCCC[C@H](NC(=O)CCNC(=O)CCCN1C(=O)C[C@H](SC(C)(C)CC)C1=O)C(C)=O. The maximum absolute atomic E-state index is 12.6. The third-order valence-corrected chi connectivity index (χ3v) is 7.48. The molecule has 33 heavy (non-hydrogen) atoms. The Bertz CT molecular complexity index is 710. The number of likely N-dealkylation sites (tertiary alicyclic amines) is 1. The molecule has 0 unspecified atom stereocenters. The molecule has 1 fully saturated rings. The molecule has 0 spiro atoms. The van der Waals surface area contributed by atoms with Gasteiger partial charge in [-0.3, -0.25) is 28.9 Å². The van der Waals surface area contributed by atoms with Crippen LogP contribution in [0.2, 0.25) is 0 Å². The molecule has 1 saturated heterocycles.